The summed E-state index contributed by atoms with van der Waals surface area (Å²) in [4.78, 5) is 30.3. The zero-order chi connectivity index (χ0) is 24.9. The second-order valence-corrected chi connectivity index (χ2v) is 8.83. The Morgan fingerprint density at radius 3 is 2.43 bits per heavy atom. The van der Waals surface area contributed by atoms with Crippen LogP contribution in [-0.4, -0.2) is 80.2 Å². The molecule has 2 fully saturated rings. The Hall–Kier alpha value is -3.07. The average molecular weight is 501 g/mol. The minimum absolute atomic E-state index is 0.00949. The number of ether oxygens (including phenoxy) is 3. The van der Waals surface area contributed by atoms with E-state index in [9.17, 15) is 14.7 Å². The smallest absolute Gasteiger partial charge is 0.295 e. The van der Waals surface area contributed by atoms with Gasteiger partial charge in [0.25, 0.3) is 11.7 Å². The highest BCUT2D eigenvalue weighted by molar-refractivity contribution is 6.46. The van der Waals surface area contributed by atoms with Gasteiger partial charge in [-0.05, 0) is 36.8 Å². The van der Waals surface area contributed by atoms with E-state index in [2.05, 4.69) is 4.90 Å². The van der Waals surface area contributed by atoms with Crippen molar-refractivity contribution in [2.24, 2.45) is 0 Å². The van der Waals surface area contributed by atoms with Crippen LogP contribution in [0.15, 0.2) is 48.0 Å². The van der Waals surface area contributed by atoms with Crippen molar-refractivity contribution >= 4 is 29.1 Å². The fourth-order valence-corrected chi connectivity index (χ4v) is 4.74. The predicted molar refractivity (Wildman–Crippen MR) is 132 cm³/mol. The molecule has 35 heavy (non-hydrogen) atoms. The number of likely N-dealkylation sites (tertiary alicyclic amines) is 1. The van der Waals surface area contributed by atoms with Crippen LogP contribution in [-0.2, 0) is 14.3 Å². The highest BCUT2D eigenvalue weighted by Crippen LogP contribution is 2.45. The van der Waals surface area contributed by atoms with Crippen molar-refractivity contribution in [3.8, 4) is 11.5 Å². The van der Waals surface area contributed by atoms with Gasteiger partial charge in [0, 0.05) is 42.3 Å². The quantitative estimate of drug-likeness (QED) is 0.337. The molecule has 0 saturated carbocycles. The third-order valence-corrected chi connectivity index (χ3v) is 6.61. The first-order chi connectivity index (χ1) is 17.0. The number of hydrogen-bond acceptors (Lipinski definition) is 7. The molecule has 0 spiro atoms. The number of benzene rings is 2. The molecule has 8 nitrogen and oxygen atoms in total. The van der Waals surface area contributed by atoms with Crippen LogP contribution in [0.2, 0.25) is 5.02 Å². The molecule has 2 aliphatic rings. The topological polar surface area (TPSA) is 88.5 Å². The molecule has 1 amide bonds. The first kappa shape index (κ1) is 25.0. The maximum Gasteiger partial charge on any atom is 0.295 e. The number of hydrogen-bond donors (Lipinski definition) is 1. The van der Waals surface area contributed by atoms with E-state index >= 15 is 0 Å². The van der Waals surface area contributed by atoms with Crippen LogP contribution < -0.4 is 9.47 Å². The second-order valence-electron chi connectivity index (χ2n) is 8.39. The Labute approximate surface area is 209 Å². The van der Waals surface area contributed by atoms with Crippen molar-refractivity contribution in [1.82, 2.24) is 9.80 Å². The number of ketones is 1. The summed E-state index contributed by atoms with van der Waals surface area (Å²) >= 11 is 6.00. The molecule has 1 atom stereocenters. The van der Waals surface area contributed by atoms with Crippen LogP contribution >= 0.6 is 11.6 Å². The zero-order valence-electron chi connectivity index (χ0n) is 19.8. The third-order valence-electron chi connectivity index (χ3n) is 6.36. The number of halogens is 1. The molecule has 0 unspecified atom stereocenters. The van der Waals surface area contributed by atoms with E-state index in [0.717, 1.165) is 19.6 Å². The number of methoxy groups -OCH3 is 2. The van der Waals surface area contributed by atoms with Crippen LogP contribution in [0.4, 0.5) is 0 Å². The lowest BCUT2D eigenvalue weighted by Gasteiger charge is -2.29. The number of aliphatic hydroxyl groups excluding tert-OH is 1. The van der Waals surface area contributed by atoms with Crippen molar-refractivity contribution in [2.45, 2.75) is 12.5 Å². The van der Waals surface area contributed by atoms with Gasteiger partial charge in [-0.1, -0.05) is 23.7 Å². The van der Waals surface area contributed by atoms with Gasteiger partial charge in [-0.3, -0.25) is 14.5 Å². The van der Waals surface area contributed by atoms with Crippen molar-refractivity contribution in [3.05, 3.63) is 64.2 Å². The van der Waals surface area contributed by atoms with E-state index in [1.807, 2.05) is 0 Å². The lowest BCUT2D eigenvalue weighted by Crippen LogP contribution is -2.39. The monoisotopic (exact) mass is 500 g/mol. The molecule has 4 rings (SSSR count). The fourth-order valence-electron chi connectivity index (χ4n) is 4.61. The van der Waals surface area contributed by atoms with Crippen molar-refractivity contribution < 1.29 is 28.9 Å². The highest BCUT2D eigenvalue weighted by atomic mass is 35.5. The van der Waals surface area contributed by atoms with Crippen LogP contribution in [0.1, 0.15) is 23.6 Å². The molecule has 186 valence electrons. The predicted octanol–water partition coefficient (Wildman–Crippen LogP) is 3.50. The Bertz CT molecular complexity index is 1110. The number of para-hydroxylation sites is 1. The molecule has 0 bridgehead atoms. The number of carbonyl (C=O) groups excluding carboxylic acids is 2. The SMILES string of the molecule is COc1cccc([C@H]2C(=C(O)c3ccc(Cl)cc3)C(=O)C(=O)N2CCCN2CCOCC2)c1OC. The number of aliphatic hydroxyl groups is 1. The highest BCUT2D eigenvalue weighted by Gasteiger charge is 2.47. The molecule has 9 heteroatoms. The summed E-state index contributed by atoms with van der Waals surface area (Å²) in [6.07, 6.45) is 0.663. The maximum atomic E-state index is 13.3. The largest absolute Gasteiger partial charge is 0.507 e. The molecule has 2 aromatic carbocycles. The van der Waals surface area contributed by atoms with E-state index in [1.54, 1.807) is 42.5 Å². The first-order valence-corrected chi connectivity index (χ1v) is 11.9. The molecule has 0 aliphatic carbocycles. The van der Waals surface area contributed by atoms with E-state index in [-0.39, 0.29) is 11.3 Å². The van der Waals surface area contributed by atoms with Gasteiger partial charge >= 0.3 is 0 Å². The molecular weight excluding hydrogens is 472 g/mol. The lowest BCUT2D eigenvalue weighted by molar-refractivity contribution is -0.140. The molecule has 2 aromatic rings. The summed E-state index contributed by atoms with van der Waals surface area (Å²) in [5.74, 6) is -0.779. The van der Waals surface area contributed by atoms with Gasteiger partial charge in [0.1, 0.15) is 5.76 Å². The molecule has 2 heterocycles. The van der Waals surface area contributed by atoms with E-state index in [0.29, 0.717) is 53.8 Å². The fraction of sp³-hybridized carbons (Fsp3) is 0.385. The van der Waals surface area contributed by atoms with Gasteiger partial charge in [-0.2, -0.15) is 0 Å². The minimum atomic E-state index is -0.833. The number of amides is 1. The molecule has 0 aromatic heterocycles. The van der Waals surface area contributed by atoms with Crippen molar-refractivity contribution in [1.29, 1.82) is 0 Å². The van der Waals surface area contributed by atoms with Gasteiger partial charge in [0.15, 0.2) is 11.5 Å². The Kier molecular flexibility index (Phi) is 7.95. The summed E-state index contributed by atoms with van der Waals surface area (Å²) < 4.78 is 16.5. The van der Waals surface area contributed by atoms with Gasteiger partial charge in [0.2, 0.25) is 0 Å². The second kappa shape index (κ2) is 11.1. The van der Waals surface area contributed by atoms with Gasteiger partial charge in [-0.15, -0.1) is 0 Å². The summed E-state index contributed by atoms with van der Waals surface area (Å²) in [7, 11) is 3.03. The maximum absolute atomic E-state index is 13.3. The summed E-state index contributed by atoms with van der Waals surface area (Å²) in [5.41, 5.74) is 0.968. The Morgan fingerprint density at radius 1 is 1.06 bits per heavy atom. The van der Waals surface area contributed by atoms with Crippen molar-refractivity contribution in [2.75, 3.05) is 53.6 Å². The first-order valence-electron chi connectivity index (χ1n) is 11.5. The summed E-state index contributed by atoms with van der Waals surface area (Å²) in [6.45, 7) is 4.15. The van der Waals surface area contributed by atoms with Gasteiger partial charge in [0.05, 0.1) is 39.0 Å². The van der Waals surface area contributed by atoms with Gasteiger partial charge < -0.3 is 24.2 Å². The minimum Gasteiger partial charge on any atom is -0.507 e. The zero-order valence-corrected chi connectivity index (χ0v) is 20.6. The third kappa shape index (κ3) is 5.15. The summed E-state index contributed by atoms with van der Waals surface area (Å²) in [5, 5.41) is 11.7. The van der Waals surface area contributed by atoms with Gasteiger partial charge in [-0.25, -0.2) is 0 Å². The van der Waals surface area contributed by atoms with Crippen LogP contribution in [0.5, 0.6) is 11.5 Å². The number of nitrogens with zero attached hydrogens (tertiary/aromatic N) is 2. The van der Waals surface area contributed by atoms with E-state index < -0.39 is 17.7 Å². The number of carbonyl (C=O) groups is 2. The van der Waals surface area contributed by atoms with Crippen LogP contribution in [0, 0.1) is 0 Å². The Morgan fingerprint density at radius 2 is 1.77 bits per heavy atom. The summed E-state index contributed by atoms with van der Waals surface area (Å²) in [6, 6.07) is 10.9. The lowest BCUT2D eigenvalue weighted by atomic mass is 9.94. The van der Waals surface area contributed by atoms with E-state index in [1.165, 1.54) is 19.1 Å². The van der Waals surface area contributed by atoms with Crippen molar-refractivity contribution in [3.63, 3.8) is 0 Å². The normalized spacial score (nSPS) is 20.3. The number of morpholine rings is 1. The molecule has 0 radical (unpaired) electrons. The molecular formula is C26H29ClN2O6. The standard InChI is InChI=1S/C26H29ClN2O6/c1-33-20-6-3-5-19(25(20)34-2)22-21(23(30)17-7-9-18(27)10-8-17)24(31)26(32)29(22)12-4-11-28-13-15-35-16-14-28/h3,5-10,22,30H,4,11-16H2,1-2H3/t22-/m0/s1. The molecule has 2 aliphatic heterocycles. The molecule has 2 saturated heterocycles. The van der Waals surface area contributed by atoms with E-state index in [4.69, 9.17) is 25.8 Å². The molecule has 1 N–H and O–H groups in total. The number of Topliss-reactive ketones (excluding diaryl/α,β-unsaturated/α-hetero) is 1. The average Bonchev–Trinajstić information content (AvgIpc) is 3.13. The van der Waals surface area contributed by atoms with Crippen LogP contribution in [0.25, 0.3) is 5.76 Å². The van der Waals surface area contributed by atoms with Crippen LogP contribution in [0.3, 0.4) is 0 Å². The number of rotatable bonds is 8. The Balaban J connectivity index is 1.75.